The second-order valence-electron chi connectivity index (χ2n) is 3.45. The molecule has 0 aromatic heterocycles. The molecular weight excluding hydrogens is 200 g/mol. The van der Waals surface area contributed by atoms with Gasteiger partial charge in [0.2, 0.25) is 0 Å². The summed E-state index contributed by atoms with van der Waals surface area (Å²) in [4.78, 5) is 0. The van der Waals surface area contributed by atoms with Gasteiger partial charge in [-0.15, -0.1) is 0 Å². The Hall–Kier alpha value is -1.00. The molecule has 84 valence electrons. The Labute approximate surface area is 88.3 Å². The van der Waals surface area contributed by atoms with Crippen molar-refractivity contribution in [1.82, 2.24) is 5.32 Å². The largest absolute Gasteiger partial charge is 0.380 e. The Balaban J connectivity index is 2.43. The third-order valence-electron chi connectivity index (χ3n) is 2.09. The Morgan fingerprint density at radius 2 is 1.87 bits per heavy atom. The second kappa shape index (κ2) is 5.78. The van der Waals surface area contributed by atoms with Gasteiger partial charge in [0.15, 0.2) is 0 Å². The molecule has 0 radical (unpaired) electrons. The number of hydrogen-bond acceptors (Lipinski definition) is 2. The lowest BCUT2D eigenvalue weighted by atomic mass is 10.2. The van der Waals surface area contributed by atoms with Crippen LogP contribution in [0.1, 0.15) is 12.5 Å². The van der Waals surface area contributed by atoms with E-state index in [1.54, 1.807) is 7.11 Å². The molecule has 1 aromatic rings. The normalized spacial score (nSPS) is 12.8. The SMILES string of the molecule is COC(C)CNCc1cc(F)cc(F)c1. The first-order chi connectivity index (χ1) is 7.11. The van der Waals surface area contributed by atoms with Gasteiger partial charge in [0.1, 0.15) is 11.6 Å². The highest BCUT2D eigenvalue weighted by Crippen LogP contribution is 2.07. The van der Waals surface area contributed by atoms with Crippen LogP contribution in [-0.2, 0) is 11.3 Å². The summed E-state index contributed by atoms with van der Waals surface area (Å²) < 4.78 is 30.6. The molecule has 0 aliphatic rings. The van der Waals surface area contributed by atoms with Crippen molar-refractivity contribution in [3.05, 3.63) is 35.4 Å². The maximum atomic E-state index is 12.8. The molecule has 1 N–H and O–H groups in total. The molecule has 1 rings (SSSR count). The number of halogens is 2. The Bertz CT molecular complexity index is 297. The van der Waals surface area contributed by atoms with Gasteiger partial charge in [-0.25, -0.2) is 8.78 Å². The van der Waals surface area contributed by atoms with Gasteiger partial charge in [0.25, 0.3) is 0 Å². The minimum absolute atomic E-state index is 0.0865. The topological polar surface area (TPSA) is 21.3 Å². The number of rotatable bonds is 5. The predicted octanol–water partition coefficient (Wildman–Crippen LogP) is 2.09. The molecule has 0 aliphatic heterocycles. The maximum absolute atomic E-state index is 12.8. The maximum Gasteiger partial charge on any atom is 0.126 e. The second-order valence-corrected chi connectivity index (χ2v) is 3.45. The fraction of sp³-hybridized carbons (Fsp3) is 0.455. The Morgan fingerprint density at radius 3 is 2.40 bits per heavy atom. The van der Waals surface area contributed by atoms with E-state index >= 15 is 0 Å². The monoisotopic (exact) mass is 215 g/mol. The van der Waals surface area contributed by atoms with E-state index in [0.29, 0.717) is 18.7 Å². The molecule has 0 fully saturated rings. The fourth-order valence-corrected chi connectivity index (χ4v) is 1.22. The van der Waals surface area contributed by atoms with E-state index in [4.69, 9.17) is 4.74 Å². The average molecular weight is 215 g/mol. The van der Waals surface area contributed by atoms with Crippen LogP contribution in [0.15, 0.2) is 18.2 Å². The van der Waals surface area contributed by atoms with Crippen molar-refractivity contribution in [3.63, 3.8) is 0 Å². The zero-order chi connectivity index (χ0) is 11.3. The lowest BCUT2D eigenvalue weighted by Crippen LogP contribution is -2.25. The van der Waals surface area contributed by atoms with Gasteiger partial charge in [-0.2, -0.15) is 0 Å². The van der Waals surface area contributed by atoms with E-state index in [2.05, 4.69) is 5.32 Å². The molecule has 0 heterocycles. The summed E-state index contributed by atoms with van der Waals surface area (Å²) in [6.45, 7) is 3.00. The molecule has 0 bridgehead atoms. The van der Waals surface area contributed by atoms with Crippen molar-refractivity contribution in [2.75, 3.05) is 13.7 Å². The van der Waals surface area contributed by atoms with Crippen molar-refractivity contribution >= 4 is 0 Å². The van der Waals surface area contributed by atoms with Gasteiger partial charge >= 0.3 is 0 Å². The summed E-state index contributed by atoms with van der Waals surface area (Å²) in [5.41, 5.74) is 0.593. The molecule has 15 heavy (non-hydrogen) atoms. The third-order valence-corrected chi connectivity index (χ3v) is 2.09. The summed E-state index contributed by atoms with van der Waals surface area (Å²) in [7, 11) is 1.62. The fourth-order valence-electron chi connectivity index (χ4n) is 1.22. The van der Waals surface area contributed by atoms with Crippen molar-refractivity contribution in [2.24, 2.45) is 0 Å². The molecule has 0 saturated heterocycles. The van der Waals surface area contributed by atoms with Crippen molar-refractivity contribution in [1.29, 1.82) is 0 Å². The minimum atomic E-state index is -0.549. The molecule has 0 spiro atoms. The lowest BCUT2D eigenvalue weighted by Gasteiger charge is -2.10. The number of benzene rings is 1. The van der Waals surface area contributed by atoms with Crippen LogP contribution in [0.4, 0.5) is 8.78 Å². The summed E-state index contributed by atoms with van der Waals surface area (Å²) in [6, 6.07) is 3.49. The highest BCUT2D eigenvalue weighted by Gasteiger charge is 2.02. The van der Waals surface area contributed by atoms with Gasteiger partial charge in [-0.05, 0) is 24.6 Å². The van der Waals surface area contributed by atoms with E-state index in [0.717, 1.165) is 6.07 Å². The van der Waals surface area contributed by atoms with Gasteiger partial charge in [-0.1, -0.05) is 0 Å². The van der Waals surface area contributed by atoms with Gasteiger partial charge in [-0.3, -0.25) is 0 Å². The number of nitrogens with one attached hydrogen (secondary N) is 1. The van der Waals surface area contributed by atoms with E-state index in [1.807, 2.05) is 6.92 Å². The quantitative estimate of drug-likeness (QED) is 0.812. The summed E-state index contributed by atoms with van der Waals surface area (Å²) in [5, 5.41) is 3.05. The number of methoxy groups -OCH3 is 1. The van der Waals surface area contributed by atoms with Gasteiger partial charge in [0, 0.05) is 26.3 Å². The van der Waals surface area contributed by atoms with E-state index in [1.165, 1.54) is 12.1 Å². The first-order valence-electron chi connectivity index (χ1n) is 4.80. The van der Waals surface area contributed by atoms with Gasteiger partial charge < -0.3 is 10.1 Å². The van der Waals surface area contributed by atoms with Crippen LogP contribution in [0.3, 0.4) is 0 Å². The van der Waals surface area contributed by atoms with E-state index in [9.17, 15) is 8.78 Å². The molecule has 0 aliphatic carbocycles. The van der Waals surface area contributed by atoms with Crippen LogP contribution >= 0.6 is 0 Å². The minimum Gasteiger partial charge on any atom is -0.380 e. The van der Waals surface area contributed by atoms with Crippen LogP contribution in [0.25, 0.3) is 0 Å². The zero-order valence-electron chi connectivity index (χ0n) is 8.89. The van der Waals surface area contributed by atoms with E-state index in [-0.39, 0.29) is 6.10 Å². The molecule has 1 unspecified atom stereocenters. The molecule has 1 aromatic carbocycles. The summed E-state index contributed by atoms with van der Waals surface area (Å²) in [6.07, 6.45) is 0.0865. The Kier molecular flexibility index (Phi) is 4.65. The highest BCUT2D eigenvalue weighted by atomic mass is 19.1. The first kappa shape index (κ1) is 12.1. The van der Waals surface area contributed by atoms with Gasteiger partial charge in [0.05, 0.1) is 6.10 Å². The third kappa shape index (κ3) is 4.36. The average Bonchev–Trinajstić information content (AvgIpc) is 2.16. The zero-order valence-corrected chi connectivity index (χ0v) is 8.89. The lowest BCUT2D eigenvalue weighted by molar-refractivity contribution is 0.117. The van der Waals surface area contributed by atoms with Crippen LogP contribution < -0.4 is 5.32 Å². The molecule has 4 heteroatoms. The summed E-state index contributed by atoms with van der Waals surface area (Å²) >= 11 is 0. The van der Waals surface area contributed by atoms with Crippen molar-refractivity contribution in [2.45, 2.75) is 19.6 Å². The van der Waals surface area contributed by atoms with Crippen LogP contribution in [-0.4, -0.2) is 19.8 Å². The van der Waals surface area contributed by atoms with Crippen LogP contribution in [0.2, 0.25) is 0 Å². The first-order valence-corrected chi connectivity index (χ1v) is 4.80. The number of ether oxygens (including phenoxy) is 1. The van der Waals surface area contributed by atoms with Crippen LogP contribution in [0.5, 0.6) is 0 Å². The van der Waals surface area contributed by atoms with Crippen molar-refractivity contribution < 1.29 is 13.5 Å². The molecule has 0 saturated carbocycles. The molecule has 0 amide bonds. The number of hydrogen-bond donors (Lipinski definition) is 1. The van der Waals surface area contributed by atoms with Crippen LogP contribution in [0, 0.1) is 11.6 Å². The van der Waals surface area contributed by atoms with Crippen molar-refractivity contribution in [3.8, 4) is 0 Å². The smallest absolute Gasteiger partial charge is 0.126 e. The molecular formula is C11H15F2NO. The molecule has 1 atom stereocenters. The summed E-state index contributed by atoms with van der Waals surface area (Å²) in [5.74, 6) is -1.10. The predicted molar refractivity (Wildman–Crippen MR) is 54.5 cm³/mol. The molecule has 2 nitrogen and oxygen atoms in total. The Morgan fingerprint density at radius 1 is 1.27 bits per heavy atom. The highest BCUT2D eigenvalue weighted by molar-refractivity contribution is 5.17. The van der Waals surface area contributed by atoms with E-state index < -0.39 is 11.6 Å². The standard InChI is InChI=1S/C11H15F2NO/c1-8(15-2)6-14-7-9-3-10(12)5-11(13)4-9/h3-5,8,14H,6-7H2,1-2H3.